The Labute approximate surface area is 127 Å². The summed E-state index contributed by atoms with van der Waals surface area (Å²) in [6.07, 6.45) is 3.78. The lowest BCUT2D eigenvalue weighted by Crippen LogP contribution is -2.36. The maximum absolute atomic E-state index is 12.4. The second-order valence-electron chi connectivity index (χ2n) is 6.36. The zero-order chi connectivity index (χ0) is 15.8. The number of aromatic nitrogens is 3. The maximum Gasteiger partial charge on any atom is 0.244 e. The number of carbonyl (C=O) groups is 1. The van der Waals surface area contributed by atoms with Gasteiger partial charge in [0.2, 0.25) is 5.91 Å². The fourth-order valence-electron chi connectivity index (χ4n) is 1.94. The van der Waals surface area contributed by atoms with Gasteiger partial charge in [0.25, 0.3) is 0 Å². The first-order valence-corrected chi connectivity index (χ1v) is 7.79. The summed E-state index contributed by atoms with van der Waals surface area (Å²) >= 11 is 0. The second-order valence-corrected chi connectivity index (χ2v) is 6.36. The predicted octanol–water partition coefficient (Wildman–Crippen LogP) is 1.66. The van der Waals surface area contributed by atoms with Crippen LogP contribution in [0.1, 0.15) is 46.2 Å². The molecule has 0 aromatic carbocycles. The van der Waals surface area contributed by atoms with Crippen LogP contribution in [0.3, 0.4) is 0 Å². The lowest BCUT2D eigenvalue weighted by atomic mass is 10.1. The van der Waals surface area contributed by atoms with Crippen LogP contribution in [-0.4, -0.2) is 38.9 Å². The number of amides is 1. The molecule has 2 N–H and O–H groups in total. The highest BCUT2D eigenvalue weighted by Crippen LogP contribution is 2.07. The van der Waals surface area contributed by atoms with Crippen LogP contribution in [0.5, 0.6) is 0 Å². The lowest BCUT2D eigenvalue weighted by Gasteiger charge is -2.24. The molecule has 0 unspecified atom stereocenters. The highest BCUT2D eigenvalue weighted by Gasteiger charge is 2.15. The summed E-state index contributed by atoms with van der Waals surface area (Å²) in [5.41, 5.74) is 6.21. The monoisotopic (exact) mass is 295 g/mol. The summed E-state index contributed by atoms with van der Waals surface area (Å²) in [6, 6.07) is 0. The van der Waals surface area contributed by atoms with E-state index in [1.165, 1.54) is 0 Å². The van der Waals surface area contributed by atoms with Crippen molar-refractivity contribution in [2.75, 3.05) is 13.1 Å². The Bertz CT molecular complexity index is 415. The molecule has 1 amide bonds. The molecule has 6 nitrogen and oxygen atoms in total. The summed E-state index contributed by atoms with van der Waals surface area (Å²) < 4.78 is 1.57. The van der Waals surface area contributed by atoms with Crippen molar-refractivity contribution in [1.82, 2.24) is 19.9 Å². The standard InChI is InChI=1S/C15H29N5O/c1-12(2)5-7-19(8-6-13(3)4)15(21)11-20-10-14(9-16)17-18-20/h10,12-13H,5-9,11,16H2,1-4H3. The van der Waals surface area contributed by atoms with Gasteiger partial charge in [0.1, 0.15) is 6.54 Å². The van der Waals surface area contributed by atoms with Gasteiger partial charge in [0.05, 0.1) is 11.9 Å². The largest absolute Gasteiger partial charge is 0.341 e. The van der Waals surface area contributed by atoms with Crippen LogP contribution in [0.15, 0.2) is 6.20 Å². The minimum atomic E-state index is 0.102. The average molecular weight is 295 g/mol. The average Bonchev–Trinajstić information content (AvgIpc) is 2.85. The number of hydrogen-bond acceptors (Lipinski definition) is 4. The molecular formula is C15H29N5O. The van der Waals surface area contributed by atoms with Crippen LogP contribution in [-0.2, 0) is 17.9 Å². The van der Waals surface area contributed by atoms with Gasteiger partial charge in [0.15, 0.2) is 0 Å². The first-order chi connectivity index (χ1) is 9.92. The third-order valence-corrected chi connectivity index (χ3v) is 3.40. The van der Waals surface area contributed by atoms with Gasteiger partial charge in [-0.25, -0.2) is 4.68 Å². The Balaban J connectivity index is 2.59. The van der Waals surface area contributed by atoms with Gasteiger partial charge in [0, 0.05) is 19.6 Å². The third-order valence-electron chi connectivity index (χ3n) is 3.40. The van der Waals surface area contributed by atoms with Gasteiger partial charge in [-0.1, -0.05) is 32.9 Å². The number of nitrogens with two attached hydrogens (primary N) is 1. The van der Waals surface area contributed by atoms with Crippen molar-refractivity contribution in [2.24, 2.45) is 17.6 Å². The third kappa shape index (κ3) is 6.71. The normalized spacial score (nSPS) is 11.4. The van der Waals surface area contributed by atoms with Crippen molar-refractivity contribution in [1.29, 1.82) is 0 Å². The Morgan fingerprint density at radius 1 is 1.24 bits per heavy atom. The summed E-state index contributed by atoms with van der Waals surface area (Å²) in [5.74, 6) is 1.29. The Morgan fingerprint density at radius 3 is 2.24 bits per heavy atom. The number of hydrogen-bond donors (Lipinski definition) is 1. The van der Waals surface area contributed by atoms with E-state index in [0.29, 0.717) is 24.1 Å². The van der Waals surface area contributed by atoms with Crippen molar-refractivity contribution in [3.63, 3.8) is 0 Å². The molecule has 21 heavy (non-hydrogen) atoms. The molecule has 0 bridgehead atoms. The van der Waals surface area contributed by atoms with Crippen LogP contribution in [0, 0.1) is 11.8 Å². The molecular weight excluding hydrogens is 266 g/mol. The predicted molar refractivity (Wildman–Crippen MR) is 83.4 cm³/mol. The first kappa shape index (κ1) is 17.6. The van der Waals surface area contributed by atoms with Crippen LogP contribution >= 0.6 is 0 Å². The summed E-state index contributed by atoms with van der Waals surface area (Å²) in [4.78, 5) is 14.4. The number of carbonyl (C=O) groups excluding carboxylic acids is 1. The molecule has 0 fully saturated rings. The van der Waals surface area contributed by atoms with Crippen LogP contribution in [0.2, 0.25) is 0 Å². The minimum Gasteiger partial charge on any atom is -0.341 e. The van der Waals surface area contributed by atoms with Gasteiger partial charge in [-0.05, 0) is 24.7 Å². The first-order valence-electron chi connectivity index (χ1n) is 7.79. The summed E-state index contributed by atoms with van der Waals surface area (Å²) in [5, 5.41) is 7.85. The van der Waals surface area contributed by atoms with Gasteiger partial charge in [-0.3, -0.25) is 4.79 Å². The van der Waals surface area contributed by atoms with Gasteiger partial charge < -0.3 is 10.6 Å². The fraction of sp³-hybridized carbons (Fsp3) is 0.800. The minimum absolute atomic E-state index is 0.102. The smallest absolute Gasteiger partial charge is 0.244 e. The van der Waals surface area contributed by atoms with E-state index in [1.807, 2.05) is 4.90 Å². The van der Waals surface area contributed by atoms with Crippen LogP contribution in [0.4, 0.5) is 0 Å². The van der Waals surface area contributed by atoms with E-state index < -0.39 is 0 Å². The van der Waals surface area contributed by atoms with Crippen LogP contribution in [0.25, 0.3) is 0 Å². The number of nitrogens with zero attached hydrogens (tertiary/aromatic N) is 4. The van der Waals surface area contributed by atoms with E-state index >= 15 is 0 Å². The van der Waals surface area contributed by atoms with E-state index in [-0.39, 0.29) is 12.5 Å². The molecule has 0 atom stereocenters. The van der Waals surface area contributed by atoms with Crippen molar-refractivity contribution in [2.45, 2.75) is 53.6 Å². The molecule has 1 aromatic heterocycles. The van der Waals surface area contributed by atoms with E-state index in [4.69, 9.17) is 5.73 Å². The van der Waals surface area contributed by atoms with E-state index in [1.54, 1.807) is 10.9 Å². The SMILES string of the molecule is CC(C)CCN(CCC(C)C)C(=O)Cn1cc(CN)nn1. The van der Waals surface area contributed by atoms with Crippen molar-refractivity contribution < 1.29 is 4.79 Å². The quantitative estimate of drug-likeness (QED) is 0.751. The zero-order valence-electron chi connectivity index (χ0n) is 13.7. The van der Waals surface area contributed by atoms with Gasteiger partial charge in [-0.2, -0.15) is 0 Å². The Kier molecular flexibility index (Phi) is 7.36. The zero-order valence-corrected chi connectivity index (χ0v) is 13.7. The Hall–Kier alpha value is -1.43. The summed E-state index contributed by atoms with van der Waals surface area (Å²) in [6.45, 7) is 10.9. The fourth-order valence-corrected chi connectivity index (χ4v) is 1.94. The van der Waals surface area contributed by atoms with Crippen LogP contribution < -0.4 is 5.73 Å². The molecule has 1 rings (SSSR count). The van der Waals surface area contributed by atoms with Crippen molar-refractivity contribution >= 4 is 5.91 Å². The molecule has 0 spiro atoms. The molecule has 0 radical (unpaired) electrons. The molecule has 120 valence electrons. The van der Waals surface area contributed by atoms with E-state index in [2.05, 4.69) is 38.0 Å². The van der Waals surface area contributed by atoms with E-state index in [0.717, 1.165) is 25.9 Å². The second kappa shape index (κ2) is 8.77. The molecule has 1 aromatic rings. The van der Waals surface area contributed by atoms with Crippen molar-refractivity contribution in [3.05, 3.63) is 11.9 Å². The van der Waals surface area contributed by atoms with Crippen molar-refractivity contribution in [3.8, 4) is 0 Å². The molecule has 0 aliphatic carbocycles. The summed E-state index contributed by atoms with van der Waals surface area (Å²) in [7, 11) is 0. The molecule has 1 heterocycles. The molecule has 0 aliphatic rings. The molecule has 0 aliphatic heterocycles. The molecule has 0 saturated heterocycles. The highest BCUT2D eigenvalue weighted by atomic mass is 16.2. The topological polar surface area (TPSA) is 77.0 Å². The lowest BCUT2D eigenvalue weighted by molar-refractivity contribution is -0.132. The van der Waals surface area contributed by atoms with Gasteiger partial charge in [-0.15, -0.1) is 5.10 Å². The highest BCUT2D eigenvalue weighted by molar-refractivity contribution is 5.75. The molecule has 0 saturated carbocycles. The van der Waals surface area contributed by atoms with Gasteiger partial charge >= 0.3 is 0 Å². The van der Waals surface area contributed by atoms with E-state index in [9.17, 15) is 4.79 Å². The maximum atomic E-state index is 12.4. The number of rotatable bonds is 9. The molecule has 6 heteroatoms. The Morgan fingerprint density at radius 2 is 1.81 bits per heavy atom.